The fourth-order valence-corrected chi connectivity index (χ4v) is 3.16. The van der Waals surface area contributed by atoms with E-state index in [1.807, 2.05) is 24.3 Å². The van der Waals surface area contributed by atoms with Crippen LogP contribution in [0.3, 0.4) is 0 Å². The van der Waals surface area contributed by atoms with Crippen molar-refractivity contribution in [2.45, 2.75) is 6.42 Å². The van der Waals surface area contributed by atoms with Crippen molar-refractivity contribution in [1.29, 1.82) is 0 Å². The lowest BCUT2D eigenvalue weighted by atomic mass is 10.3. The molecule has 0 amide bonds. The molecule has 0 atom stereocenters. The zero-order valence-corrected chi connectivity index (χ0v) is 11.9. The lowest BCUT2D eigenvalue weighted by Crippen LogP contribution is -2.03. The first-order chi connectivity index (χ1) is 8.81. The molecule has 0 radical (unpaired) electrons. The van der Waals surface area contributed by atoms with E-state index in [4.69, 9.17) is 4.42 Å². The highest BCUT2D eigenvalue weighted by molar-refractivity contribution is 9.10. The molecule has 1 aromatic carbocycles. The number of furan rings is 1. The Morgan fingerprint density at radius 3 is 3.11 bits per heavy atom. The van der Waals surface area contributed by atoms with E-state index in [9.17, 15) is 0 Å². The summed E-state index contributed by atoms with van der Waals surface area (Å²) in [7, 11) is 0. The summed E-state index contributed by atoms with van der Waals surface area (Å²) >= 11 is 5.13. The fourth-order valence-electron chi connectivity index (χ4n) is 1.72. The van der Waals surface area contributed by atoms with Gasteiger partial charge in [0.15, 0.2) is 5.13 Å². The van der Waals surface area contributed by atoms with Crippen molar-refractivity contribution in [3.05, 3.63) is 46.8 Å². The standard InChI is InChI=1S/C13H11BrN2OS/c14-9-3-4-11-12(8-9)18-13(16-11)15-6-5-10-2-1-7-17-10/h1-4,7-8H,5-6H2,(H,15,16). The second-order valence-corrected chi connectivity index (χ2v) is 5.83. The molecule has 3 aromatic rings. The molecule has 18 heavy (non-hydrogen) atoms. The molecule has 3 rings (SSSR count). The van der Waals surface area contributed by atoms with E-state index in [1.165, 1.54) is 4.70 Å². The van der Waals surface area contributed by atoms with Crippen molar-refractivity contribution < 1.29 is 4.42 Å². The van der Waals surface area contributed by atoms with Crippen LogP contribution in [-0.4, -0.2) is 11.5 Å². The Morgan fingerprint density at radius 1 is 1.33 bits per heavy atom. The summed E-state index contributed by atoms with van der Waals surface area (Å²) in [5, 5.41) is 4.28. The molecular weight excluding hydrogens is 312 g/mol. The van der Waals surface area contributed by atoms with Crippen LogP contribution in [0.5, 0.6) is 0 Å². The molecule has 0 aliphatic heterocycles. The molecule has 0 fully saturated rings. The van der Waals surface area contributed by atoms with Crippen LogP contribution in [0, 0.1) is 0 Å². The lowest BCUT2D eigenvalue weighted by Gasteiger charge is -1.99. The Kier molecular flexibility index (Phi) is 3.34. The maximum absolute atomic E-state index is 5.28. The first-order valence-electron chi connectivity index (χ1n) is 5.63. The fraction of sp³-hybridized carbons (Fsp3) is 0.154. The van der Waals surface area contributed by atoms with Crippen molar-refractivity contribution in [2.24, 2.45) is 0 Å². The van der Waals surface area contributed by atoms with Gasteiger partial charge in [-0.05, 0) is 30.3 Å². The summed E-state index contributed by atoms with van der Waals surface area (Å²) in [6.07, 6.45) is 2.57. The average Bonchev–Trinajstić information content (AvgIpc) is 2.97. The number of anilines is 1. The number of nitrogens with one attached hydrogen (secondary N) is 1. The Morgan fingerprint density at radius 2 is 2.28 bits per heavy atom. The number of benzene rings is 1. The van der Waals surface area contributed by atoms with Gasteiger partial charge >= 0.3 is 0 Å². The largest absolute Gasteiger partial charge is 0.469 e. The van der Waals surface area contributed by atoms with Crippen molar-refractivity contribution in [1.82, 2.24) is 4.98 Å². The monoisotopic (exact) mass is 322 g/mol. The van der Waals surface area contributed by atoms with Gasteiger partial charge < -0.3 is 9.73 Å². The molecule has 0 spiro atoms. The summed E-state index contributed by atoms with van der Waals surface area (Å²) in [6.45, 7) is 0.828. The molecule has 0 aliphatic rings. The molecular formula is C13H11BrN2OS. The van der Waals surface area contributed by atoms with E-state index in [0.717, 1.165) is 33.8 Å². The molecule has 3 nitrogen and oxygen atoms in total. The van der Waals surface area contributed by atoms with Crippen LogP contribution in [0.25, 0.3) is 10.2 Å². The van der Waals surface area contributed by atoms with Gasteiger partial charge in [0.2, 0.25) is 0 Å². The Balaban J connectivity index is 1.67. The minimum Gasteiger partial charge on any atom is -0.469 e. The summed E-state index contributed by atoms with van der Waals surface area (Å²) in [5.74, 6) is 0.992. The molecule has 2 heterocycles. The lowest BCUT2D eigenvalue weighted by molar-refractivity contribution is 0.513. The number of hydrogen-bond acceptors (Lipinski definition) is 4. The Labute approximate surface area is 117 Å². The van der Waals surface area contributed by atoms with Crippen molar-refractivity contribution in [2.75, 3.05) is 11.9 Å². The van der Waals surface area contributed by atoms with Crippen LogP contribution in [-0.2, 0) is 6.42 Å². The molecule has 92 valence electrons. The molecule has 1 N–H and O–H groups in total. The molecule has 0 bridgehead atoms. The van der Waals surface area contributed by atoms with E-state index in [-0.39, 0.29) is 0 Å². The highest BCUT2D eigenvalue weighted by atomic mass is 79.9. The molecule has 5 heteroatoms. The van der Waals surface area contributed by atoms with Crippen LogP contribution in [0.15, 0.2) is 45.5 Å². The van der Waals surface area contributed by atoms with Gasteiger partial charge in [-0.1, -0.05) is 27.3 Å². The van der Waals surface area contributed by atoms with Crippen LogP contribution >= 0.6 is 27.3 Å². The van der Waals surface area contributed by atoms with E-state index >= 15 is 0 Å². The van der Waals surface area contributed by atoms with E-state index in [0.29, 0.717) is 0 Å². The minimum absolute atomic E-state index is 0.828. The van der Waals surface area contributed by atoms with E-state index in [1.54, 1.807) is 17.6 Å². The summed E-state index contributed by atoms with van der Waals surface area (Å²) in [5.41, 5.74) is 1.03. The topological polar surface area (TPSA) is 38.1 Å². The van der Waals surface area contributed by atoms with Crippen LogP contribution in [0.1, 0.15) is 5.76 Å². The van der Waals surface area contributed by atoms with Crippen molar-refractivity contribution in [3.63, 3.8) is 0 Å². The van der Waals surface area contributed by atoms with E-state index < -0.39 is 0 Å². The zero-order valence-electron chi connectivity index (χ0n) is 9.52. The number of aromatic nitrogens is 1. The predicted octanol–water partition coefficient (Wildman–Crippen LogP) is 4.31. The number of thiazole rings is 1. The molecule has 0 saturated carbocycles. The number of halogens is 1. The van der Waals surface area contributed by atoms with Gasteiger partial charge in [-0.15, -0.1) is 0 Å². The smallest absolute Gasteiger partial charge is 0.183 e. The van der Waals surface area contributed by atoms with Gasteiger partial charge in [0.05, 0.1) is 16.5 Å². The van der Waals surface area contributed by atoms with Gasteiger partial charge in [0.1, 0.15) is 5.76 Å². The van der Waals surface area contributed by atoms with Gasteiger partial charge in [0, 0.05) is 17.4 Å². The molecule has 2 aromatic heterocycles. The minimum atomic E-state index is 0.828. The Bertz CT molecular complexity index is 648. The maximum Gasteiger partial charge on any atom is 0.183 e. The van der Waals surface area contributed by atoms with Gasteiger partial charge in [-0.25, -0.2) is 4.98 Å². The third-order valence-electron chi connectivity index (χ3n) is 2.58. The first-order valence-corrected chi connectivity index (χ1v) is 7.24. The maximum atomic E-state index is 5.28. The van der Waals surface area contributed by atoms with Crippen LogP contribution in [0.2, 0.25) is 0 Å². The second kappa shape index (κ2) is 5.12. The first kappa shape index (κ1) is 11.7. The van der Waals surface area contributed by atoms with Gasteiger partial charge in [0.25, 0.3) is 0 Å². The van der Waals surface area contributed by atoms with E-state index in [2.05, 4.69) is 32.3 Å². The summed E-state index contributed by atoms with van der Waals surface area (Å²) < 4.78 is 7.55. The quantitative estimate of drug-likeness (QED) is 0.778. The average molecular weight is 323 g/mol. The third-order valence-corrected chi connectivity index (χ3v) is 4.05. The highest BCUT2D eigenvalue weighted by Gasteiger charge is 2.04. The zero-order chi connectivity index (χ0) is 12.4. The van der Waals surface area contributed by atoms with Crippen molar-refractivity contribution in [3.8, 4) is 0 Å². The Hall–Kier alpha value is -1.33. The van der Waals surface area contributed by atoms with Gasteiger partial charge in [-0.3, -0.25) is 0 Å². The highest BCUT2D eigenvalue weighted by Crippen LogP contribution is 2.28. The number of rotatable bonds is 4. The third kappa shape index (κ3) is 2.57. The van der Waals surface area contributed by atoms with Crippen molar-refractivity contribution >= 4 is 42.6 Å². The predicted molar refractivity (Wildman–Crippen MR) is 78.2 cm³/mol. The van der Waals surface area contributed by atoms with Crippen LogP contribution < -0.4 is 5.32 Å². The van der Waals surface area contributed by atoms with Crippen LogP contribution in [0.4, 0.5) is 5.13 Å². The number of fused-ring (bicyclic) bond motifs is 1. The second-order valence-electron chi connectivity index (χ2n) is 3.89. The molecule has 0 aliphatic carbocycles. The SMILES string of the molecule is Brc1ccc2nc(NCCc3ccco3)sc2c1. The summed E-state index contributed by atoms with van der Waals surface area (Å²) in [4.78, 5) is 4.53. The normalized spacial score (nSPS) is 10.9. The molecule has 0 saturated heterocycles. The number of hydrogen-bond donors (Lipinski definition) is 1. The summed E-state index contributed by atoms with van der Waals surface area (Å²) in [6, 6.07) is 10.0. The molecule has 0 unspecified atom stereocenters. The number of nitrogens with zero attached hydrogens (tertiary/aromatic N) is 1. The van der Waals surface area contributed by atoms with Gasteiger partial charge in [-0.2, -0.15) is 0 Å².